The molecule has 0 aliphatic carbocycles. The van der Waals surface area contributed by atoms with Gasteiger partial charge in [-0.2, -0.15) is 0 Å². The van der Waals surface area contributed by atoms with E-state index in [1.807, 2.05) is 0 Å². The number of methoxy groups -OCH3 is 3. The molecule has 1 atom stereocenters. The van der Waals surface area contributed by atoms with E-state index in [1.165, 1.54) is 21.3 Å². The third-order valence-electron chi connectivity index (χ3n) is 4.48. The van der Waals surface area contributed by atoms with Crippen molar-refractivity contribution in [3.63, 3.8) is 0 Å². The molecule has 146 valence electrons. The zero-order chi connectivity index (χ0) is 19.3. The molecule has 8 nitrogen and oxygen atoms in total. The number of benzene rings is 1. The van der Waals surface area contributed by atoms with Crippen LogP contribution in [0.3, 0.4) is 0 Å². The first kappa shape index (κ1) is 20.2. The second kappa shape index (κ2) is 8.48. The lowest BCUT2D eigenvalue weighted by molar-refractivity contribution is -0.131. The number of anilines is 1. The van der Waals surface area contributed by atoms with Gasteiger partial charge in [0.15, 0.2) is 21.3 Å². The van der Waals surface area contributed by atoms with Gasteiger partial charge in [0.25, 0.3) is 0 Å². The fourth-order valence-corrected chi connectivity index (χ4v) is 4.73. The molecule has 9 heteroatoms. The number of ether oxygens (including phenoxy) is 3. The molecule has 1 aromatic carbocycles. The number of hydrogen-bond acceptors (Lipinski definition) is 7. The molecule has 1 fully saturated rings. The summed E-state index contributed by atoms with van der Waals surface area (Å²) in [6.07, 6.45) is 0.759. The minimum Gasteiger partial charge on any atom is -0.493 e. The summed E-state index contributed by atoms with van der Waals surface area (Å²) in [6, 6.07) is 3.30. The van der Waals surface area contributed by atoms with Gasteiger partial charge in [0.1, 0.15) is 0 Å². The van der Waals surface area contributed by atoms with Crippen LogP contribution in [0.4, 0.5) is 5.69 Å². The van der Waals surface area contributed by atoms with Gasteiger partial charge >= 0.3 is 0 Å². The number of nitrogens with one attached hydrogen (secondary N) is 1. The van der Waals surface area contributed by atoms with Crippen LogP contribution in [-0.4, -0.2) is 71.7 Å². The van der Waals surface area contributed by atoms with Crippen LogP contribution in [0.2, 0.25) is 0 Å². The number of carbonyl (C=O) groups is 1. The van der Waals surface area contributed by atoms with Crippen molar-refractivity contribution in [3.05, 3.63) is 12.1 Å². The number of sulfone groups is 1. The molecule has 1 aliphatic rings. The predicted octanol–water partition coefficient (Wildman–Crippen LogP) is 1.16. The third kappa shape index (κ3) is 4.72. The summed E-state index contributed by atoms with van der Waals surface area (Å²) in [5.41, 5.74) is 0.735. The molecule has 1 saturated heterocycles. The van der Waals surface area contributed by atoms with Crippen LogP contribution in [0.5, 0.6) is 17.2 Å². The molecule has 2 rings (SSSR count). The van der Waals surface area contributed by atoms with Crippen molar-refractivity contribution < 1.29 is 27.4 Å². The molecule has 0 radical (unpaired) electrons. The van der Waals surface area contributed by atoms with Crippen LogP contribution < -0.4 is 19.5 Å². The molecule has 1 amide bonds. The van der Waals surface area contributed by atoms with E-state index in [4.69, 9.17) is 14.2 Å². The van der Waals surface area contributed by atoms with Gasteiger partial charge in [-0.15, -0.1) is 0 Å². The fraction of sp³-hybridized carbons (Fsp3) is 0.588. The molecular formula is C17H26N2O6S. The maximum atomic E-state index is 12.3. The minimum atomic E-state index is -3.01. The minimum absolute atomic E-state index is 0.0511. The maximum absolute atomic E-state index is 12.3. The van der Waals surface area contributed by atoms with Crippen molar-refractivity contribution in [2.24, 2.45) is 0 Å². The van der Waals surface area contributed by atoms with Crippen LogP contribution in [0, 0.1) is 0 Å². The molecule has 1 heterocycles. The molecule has 1 N–H and O–H groups in total. The van der Waals surface area contributed by atoms with Gasteiger partial charge in [0.2, 0.25) is 11.7 Å². The number of carbonyl (C=O) groups excluding carboxylic acids is 1. The van der Waals surface area contributed by atoms with Crippen molar-refractivity contribution in [1.29, 1.82) is 0 Å². The molecule has 0 spiro atoms. The zero-order valence-corrected chi connectivity index (χ0v) is 16.4. The average Bonchev–Trinajstić information content (AvgIpc) is 2.99. The highest BCUT2D eigenvalue weighted by Gasteiger charge is 2.32. The Morgan fingerprint density at radius 2 is 1.81 bits per heavy atom. The van der Waals surface area contributed by atoms with Crippen molar-refractivity contribution in [3.8, 4) is 17.2 Å². The van der Waals surface area contributed by atoms with Crippen LogP contribution in [0.15, 0.2) is 12.1 Å². The molecular weight excluding hydrogens is 360 g/mol. The van der Waals surface area contributed by atoms with Crippen LogP contribution in [-0.2, 0) is 14.6 Å². The summed E-state index contributed by atoms with van der Waals surface area (Å²) in [6.45, 7) is 0.404. The Morgan fingerprint density at radius 3 is 2.27 bits per heavy atom. The van der Waals surface area contributed by atoms with Gasteiger partial charge in [-0.25, -0.2) is 8.42 Å². The van der Waals surface area contributed by atoms with E-state index < -0.39 is 9.84 Å². The molecule has 26 heavy (non-hydrogen) atoms. The van der Waals surface area contributed by atoms with Gasteiger partial charge in [0, 0.05) is 43.9 Å². The zero-order valence-electron chi connectivity index (χ0n) is 15.6. The van der Waals surface area contributed by atoms with E-state index in [1.54, 1.807) is 24.1 Å². The third-order valence-corrected chi connectivity index (χ3v) is 6.23. The first-order chi connectivity index (χ1) is 12.3. The summed E-state index contributed by atoms with van der Waals surface area (Å²) in [4.78, 5) is 13.8. The Hall–Kier alpha value is -2.16. The van der Waals surface area contributed by atoms with E-state index >= 15 is 0 Å². The second-order valence-electron chi connectivity index (χ2n) is 6.15. The first-order valence-corrected chi connectivity index (χ1v) is 10.1. The van der Waals surface area contributed by atoms with E-state index in [2.05, 4.69) is 5.32 Å². The number of rotatable bonds is 8. The topological polar surface area (TPSA) is 94.2 Å². The summed E-state index contributed by atoms with van der Waals surface area (Å²) in [5, 5.41) is 3.16. The summed E-state index contributed by atoms with van der Waals surface area (Å²) in [7, 11) is 3.26. The smallest absolute Gasteiger partial charge is 0.224 e. The summed E-state index contributed by atoms with van der Waals surface area (Å²) in [5.74, 6) is 1.66. The monoisotopic (exact) mass is 386 g/mol. The lowest BCUT2D eigenvalue weighted by atomic mass is 10.2. The van der Waals surface area contributed by atoms with Crippen molar-refractivity contribution in [2.75, 3.05) is 51.7 Å². The Bertz CT molecular complexity index is 725. The van der Waals surface area contributed by atoms with Gasteiger partial charge in [-0.05, 0) is 6.42 Å². The Morgan fingerprint density at radius 1 is 1.19 bits per heavy atom. The van der Waals surface area contributed by atoms with Crippen molar-refractivity contribution >= 4 is 21.4 Å². The quantitative estimate of drug-likeness (QED) is 0.716. The van der Waals surface area contributed by atoms with Crippen molar-refractivity contribution in [2.45, 2.75) is 18.9 Å². The lowest BCUT2D eigenvalue weighted by Crippen LogP contribution is -2.38. The number of hydrogen-bond donors (Lipinski definition) is 1. The van der Waals surface area contributed by atoms with Crippen LogP contribution in [0.1, 0.15) is 12.8 Å². The predicted molar refractivity (Wildman–Crippen MR) is 99.0 cm³/mol. The SMILES string of the molecule is COc1cc(NCCC(=O)N(C)C2CCS(=O)(=O)C2)cc(OC)c1OC. The summed E-state index contributed by atoms with van der Waals surface area (Å²) >= 11 is 0. The summed E-state index contributed by atoms with van der Waals surface area (Å²) < 4.78 is 39.0. The van der Waals surface area contributed by atoms with E-state index in [-0.39, 0.29) is 29.9 Å². The molecule has 0 saturated carbocycles. The van der Waals surface area contributed by atoms with Crippen LogP contribution >= 0.6 is 0 Å². The van der Waals surface area contributed by atoms with E-state index in [0.29, 0.717) is 30.2 Å². The van der Waals surface area contributed by atoms with E-state index in [9.17, 15) is 13.2 Å². The van der Waals surface area contributed by atoms with Crippen molar-refractivity contribution in [1.82, 2.24) is 4.90 Å². The largest absolute Gasteiger partial charge is 0.493 e. The number of amides is 1. The average molecular weight is 386 g/mol. The highest BCUT2D eigenvalue weighted by Crippen LogP contribution is 2.39. The molecule has 0 bridgehead atoms. The second-order valence-corrected chi connectivity index (χ2v) is 8.38. The lowest BCUT2D eigenvalue weighted by Gasteiger charge is -2.23. The molecule has 0 aromatic heterocycles. The Balaban J connectivity index is 1.94. The number of nitrogens with zero attached hydrogens (tertiary/aromatic N) is 1. The molecule has 1 unspecified atom stereocenters. The normalized spacial score (nSPS) is 18.2. The molecule has 1 aliphatic heterocycles. The van der Waals surface area contributed by atoms with Crippen LogP contribution in [0.25, 0.3) is 0 Å². The van der Waals surface area contributed by atoms with Gasteiger partial charge in [-0.3, -0.25) is 4.79 Å². The Kier molecular flexibility index (Phi) is 6.57. The van der Waals surface area contributed by atoms with Gasteiger partial charge in [-0.1, -0.05) is 0 Å². The maximum Gasteiger partial charge on any atom is 0.224 e. The van der Waals surface area contributed by atoms with Gasteiger partial charge < -0.3 is 24.4 Å². The first-order valence-electron chi connectivity index (χ1n) is 8.31. The molecule has 1 aromatic rings. The van der Waals surface area contributed by atoms with E-state index in [0.717, 1.165) is 5.69 Å². The van der Waals surface area contributed by atoms with Gasteiger partial charge in [0.05, 0.1) is 32.8 Å². The standard InChI is InChI=1S/C17H26N2O6S/c1-19(13-6-8-26(21,22)11-13)16(20)5-7-18-12-9-14(23-2)17(25-4)15(10-12)24-3/h9-10,13,18H,5-8,11H2,1-4H3. The fourth-order valence-electron chi connectivity index (χ4n) is 2.96. The highest BCUT2D eigenvalue weighted by atomic mass is 32.2. The Labute approximate surface area is 154 Å². The highest BCUT2D eigenvalue weighted by molar-refractivity contribution is 7.91.